The number of benzene rings is 1. The highest BCUT2D eigenvalue weighted by molar-refractivity contribution is 7.18. The number of hydrogen-bond donors (Lipinski definition) is 1. The summed E-state index contributed by atoms with van der Waals surface area (Å²) >= 11 is 13.5. The molecule has 0 bridgehead atoms. The van der Waals surface area contributed by atoms with Gasteiger partial charge in [-0.25, -0.2) is 9.97 Å². The van der Waals surface area contributed by atoms with Crippen molar-refractivity contribution in [3.8, 4) is 0 Å². The molecule has 102 valence electrons. The zero-order valence-electron chi connectivity index (χ0n) is 10.7. The van der Waals surface area contributed by atoms with Gasteiger partial charge in [-0.2, -0.15) is 0 Å². The van der Waals surface area contributed by atoms with E-state index in [1.54, 1.807) is 11.3 Å². The van der Waals surface area contributed by atoms with Crippen molar-refractivity contribution in [1.82, 2.24) is 9.97 Å². The first kappa shape index (κ1) is 13.6. The predicted molar refractivity (Wildman–Crippen MR) is 85.9 cm³/mol. The van der Waals surface area contributed by atoms with E-state index in [9.17, 15) is 0 Å². The minimum atomic E-state index is 0.257. The number of halogens is 2. The molecule has 0 radical (unpaired) electrons. The quantitative estimate of drug-likeness (QED) is 0.695. The van der Waals surface area contributed by atoms with Crippen molar-refractivity contribution in [1.29, 1.82) is 0 Å². The van der Waals surface area contributed by atoms with Crippen LogP contribution in [0.2, 0.25) is 10.3 Å². The number of thiophene rings is 1. The normalized spacial score (nSPS) is 10.9. The summed E-state index contributed by atoms with van der Waals surface area (Å²) in [7, 11) is 0. The van der Waals surface area contributed by atoms with Crippen molar-refractivity contribution in [3.05, 3.63) is 51.1 Å². The second-order valence-electron chi connectivity index (χ2n) is 4.40. The molecule has 0 aliphatic heterocycles. The van der Waals surface area contributed by atoms with Gasteiger partial charge < -0.3 is 5.32 Å². The number of rotatable bonds is 3. The van der Waals surface area contributed by atoms with Gasteiger partial charge in [0.15, 0.2) is 0 Å². The van der Waals surface area contributed by atoms with Gasteiger partial charge in [-0.15, -0.1) is 11.3 Å². The van der Waals surface area contributed by atoms with Crippen molar-refractivity contribution < 1.29 is 0 Å². The van der Waals surface area contributed by atoms with Gasteiger partial charge in [-0.1, -0.05) is 23.7 Å². The van der Waals surface area contributed by atoms with Crippen molar-refractivity contribution in [2.75, 3.05) is 5.32 Å². The maximum absolute atomic E-state index is 5.98. The molecule has 0 amide bonds. The molecule has 1 aromatic carbocycles. The highest BCUT2D eigenvalue weighted by Crippen LogP contribution is 2.29. The number of fused-ring (bicyclic) bond motifs is 1. The van der Waals surface area contributed by atoms with E-state index in [1.165, 1.54) is 4.88 Å². The Balaban J connectivity index is 1.90. The summed E-state index contributed by atoms with van der Waals surface area (Å²) in [6.07, 6.45) is 0. The van der Waals surface area contributed by atoms with Gasteiger partial charge in [0, 0.05) is 16.4 Å². The summed E-state index contributed by atoms with van der Waals surface area (Å²) in [6, 6.07) is 9.78. The Hall–Kier alpha value is -1.36. The van der Waals surface area contributed by atoms with Crippen LogP contribution in [0.3, 0.4) is 0 Å². The lowest BCUT2D eigenvalue weighted by Crippen LogP contribution is -2.02. The number of nitrogens with one attached hydrogen (secondary N) is 1. The van der Waals surface area contributed by atoms with Gasteiger partial charge in [0.05, 0.1) is 5.39 Å². The fourth-order valence-electron chi connectivity index (χ4n) is 1.98. The molecule has 3 rings (SSSR count). The number of aryl methyl sites for hydroxylation is 1. The summed E-state index contributed by atoms with van der Waals surface area (Å²) in [5, 5.41) is 5.28. The van der Waals surface area contributed by atoms with Crippen LogP contribution in [-0.4, -0.2) is 9.97 Å². The molecule has 0 saturated heterocycles. The summed E-state index contributed by atoms with van der Waals surface area (Å²) in [4.78, 5) is 10.6. The molecule has 0 aliphatic carbocycles. The molecule has 0 unspecified atom stereocenters. The van der Waals surface area contributed by atoms with Crippen LogP contribution in [0.25, 0.3) is 10.2 Å². The molecule has 2 heterocycles. The monoisotopic (exact) mass is 323 g/mol. The lowest BCUT2D eigenvalue weighted by Gasteiger charge is -2.07. The highest BCUT2D eigenvalue weighted by Gasteiger charge is 2.09. The molecule has 0 spiro atoms. The van der Waals surface area contributed by atoms with Gasteiger partial charge in [-0.05, 0) is 42.3 Å². The molecule has 6 heteroatoms. The van der Waals surface area contributed by atoms with Crippen molar-refractivity contribution in [2.24, 2.45) is 0 Å². The van der Waals surface area contributed by atoms with Crippen molar-refractivity contribution in [3.63, 3.8) is 0 Å². The average molecular weight is 324 g/mol. The molecule has 0 fully saturated rings. The number of nitrogens with zero attached hydrogens (tertiary/aromatic N) is 2. The fourth-order valence-corrected chi connectivity index (χ4v) is 3.29. The Labute approximate surface area is 130 Å². The van der Waals surface area contributed by atoms with E-state index in [4.69, 9.17) is 23.2 Å². The van der Waals surface area contributed by atoms with Crippen LogP contribution in [0.5, 0.6) is 0 Å². The van der Waals surface area contributed by atoms with Gasteiger partial charge >= 0.3 is 0 Å². The van der Waals surface area contributed by atoms with Gasteiger partial charge in [0.2, 0.25) is 5.28 Å². The van der Waals surface area contributed by atoms with Gasteiger partial charge in [0.1, 0.15) is 10.6 Å². The highest BCUT2D eigenvalue weighted by atomic mass is 35.5. The van der Waals surface area contributed by atoms with Crippen LogP contribution in [0.1, 0.15) is 10.4 Å². The lowest BCUT2D eigenvalue weighted by molar-refractivity contribution is 1.11. The minimum absolute atomic E-state index is 0.257. The number of anilines is 1. The first-order valence-electron chi connectivity index (χ1n) is 6.04. The third kappa shape index (κ3) is 2.87. The summed E-state index contributed by atoms with van der Waals surface area (Å²) < 4.78 is 0. The lowest BCUT2D eigenvalue weighted by atomic mass is 10.2. The first-order valence-corrected chi connectivity index (χ1v) is 7.61. The topological polar surface area (TPSA) is 37.8 Å². The van der Waals surface area contributed by atoms with E-state index >= 15 is 0 Å². The number of aromatic nitrogens is 2. The Bertz CT molecular complexity index is 770. The average Bonchev–Trinajstić information content (AvgIpc) is 2.76. The molecule has 0 aliphatic rings. The fraction of sp³-hybridized carbons (Fsp3) is 0.143. The Morgan fingerprint density at radius 1 is 1.20 bits per heavy atom. The molecule has 20 heavy (non-hydrogen) atoms. The zero-order valence-corrected chi connectivity index (χ0v) is 13.0. The van der Waals surface area contributed by atoms with Crippen molar-refractivity contribution >= 4 is 50.6 Å². The summed E-state index contributed by atoms with van der Waals surface area (Å²) in [5.74, 6) is 0.754. The predicted octanol–water partition coefficient (Wildman–Crippen LogP) is 4.92. The molecular formula is C14H11Cl2N3S. The maximum atomic E-state index is 5.98. The second kappa shape index (κ2) is 5.56. The van der Waals surface area contributed by atoms with E-state index in [0.717, 1.165) is 26.6 Å². The van der Waals surface area contributed by atoms with E-state index in [2.05, 4.69) is 21.4 Å². The van der Waals surface area contributed by atoms with Crippen LogP contribution in [0, 0.1) is 6.92 Å². The van der Waals surface area contributed by atoms with E-state index < -0.39 is 0 Å². The van der Waals surface area contributed by atoms with Crippen LogP contribution < -0.4 is 5.32 Å². The van der Waals surface area contributed by atoms with Crippen LogP contribution >= 0.6 is 34.5 Å². The van der Waals surface area contributed by atoms with E-state index in [-0.39, 0.29) is 5.28 Å². The Morgan fingerprint density at radius 3 is 2.85 bits per heavy atom. The van der Waals surface area contributed by atoms with Gasteiger partial charge in [-0.3, -0.25) is 0 Å². The second-order valence-corrected chi connectivity index (χ2v) is 6.41. The Kier molecular flexibility index (Phi) is 3.78. The zero-order chi connectivity index (χ0) is 14.1. The van der Waals surface area contributed by atoms with Crippen molar-refractivity contribution in [2.45, 2.75) is 13.5 Å². The smallest absolute Gasteiger partial charge is 0.225 e. The third-order valence-corrected chi connectivity index (χ3v) is 4.19. The van der Waals surface area contributed by atoms with Gasteiger partial charge in [0.25, 0.3) is 0 Å². The van der Waals surface area contributed by atoms with E-state index in [1.807, 2.05) is 31.2 Å². The SMILES string of the molecule is Cc1cc2c(NCc3cccc(Cl)c3)nc(Cl)nc2s1. The van der Waals surface area contributed by atoms with Crippen LogP contribution in [-0.2, 0) is 6.54 Å². The van der Waals surface area contributed by atoms with E-state index in [0.29, 0.717) is 6.54 Å². The molecule has 3 nitrogen and oxygen atoms in total. The number of hydrogen-bond acceptors (Lipinski definition) is 4. The molecule has 2 aromatic heterocycles. The standard InChI is InChI=1S/C14H11Cl2N3S/c1-8-5-11-12(18-14(16)19-13(11)20-8)17-7-9-3-2-4-10(15)6-9/h2-6H,7H2,1H3,(H,17,18,19). The Morgan fingerprint density at radius 2 is 2.05 bits per heavy atom. The summed E-state index contributed by atoms with van der Waals surface area (Å²) in [6.45, 7) is 2.68. The summed E-state index contributed by atoms with van der Waals surface area (Å²) in [5.41, 5.74) is 1.09. The molecule has 0 saturated carbocycles. The maximum Gasteiger partial charge on any atom is 0.225 e. The molecular weight excluding hydrogens is 313 g/mol. The third-order valence-electron chi connectivity index (χ3n) is 2.84. The minimum Gasteiger partial charge on any atom is -0.365 e. The first-order chi connectivity index (χ1) is 9.61. The van der Waals surface area contributed by atoms with Crippen LogP contribution in [0.15, 0.2) is 30.3 Å². The molecule has 3 aromatic rings. The molecule has 0 atom stereocenters. The van der Waals surface area contributed by atoms with Crippen LogP contribution in [0.4, 0.5) is 5.82 Å². The molecule has 1 N–H and O–H groups in total. The largest absolute Gasteiger partial charge is 0.365 e.